The molecule has 1 aromatic rings. The molecule has 4 nitrogen and oxygen atoms in total. The van der Waals surface area contributed by atoms with Crippen LogP contribution in [0.4, 0.5) is 13.2 Å². The molecule has 0 saturated heterocycles. The number of hydrogen-bond acceptors (Lipinski definition) is 3. The lowest BCUT2D eigenvalue weighted by atomic mass is 10.2. The SMILES string of the molecule is CNCc1ccccc1.O=S(=O)(O)C(F)(F)F. The van der Waals surface area contributed by atoms with E-state index >= 15 is 0 Å². The molecular formula is C9H12F3NO3S. The highest BCUT2D eigenvalue weighted by molar-refractivity contribution is 7.86. The topological polar surface area (TPSA) is 66.4 Å². The molecule has 0 fully saturated rings. The standard InChI is InChI=1S/C8H11N.CHF3O3S/c1-9-7-8-5-3-2-4-6-8;2-1(3,4)8(5,6)7/h2-6,9H,7H2,1H3;(H,5,6,7). The molecule has 0 aliphatic heterocycles. The highest BCUT2D eigenvalue weighted by atomic mass is 32.2. The largest absolute Gasteiger partial charge is 0.522 e. The Kier molecular flexibility index (Phi) is 6.14. The fourth-order valence-electron chi connectivity index (χ4n) is 0.800. The van der Waals surface area contributed by atoms with E-state index in [9.17, 15) is 13.2 Å². The molecule has 0 spiro atoms. The van der Waals surface area contributed by atoms with E-state index in [0.29, 0.717) is 0 Å². The maximum absolute atomic E-state index is 10.7. The van der Waals surface area contributed by atoms with Gasteiger partial charge in [0.2, 0.25) is 0 Å². The molecule has 0 radical (unpaired) electrons. The zero-order valence-electron chi connectivity index (χ0n) is 8.90. The second-order valence-electron chi connectivity index (χ2n) is 2.94. The van der Waals surface area contributed by atoms with Gasteiger partial charge in [-0.15, -0.1) is 0 Å². The summed E-state index contributed by atoms with van der Waals surface area (Å²) in [6.45, 7) is 0.959. The van der Waals surface area contributed by atoms with E-state index in [-0.39, 0.29) is 0 Å². The van der Waals surface area contributed by atoms with Crippen LogP contribution in [-0.2, 0) is 16.7 Å². The third-order valence-electron chi connectivity index (χ3n) is 1.52. The lowest BCUT2D eigenvalue weighted by Gasteiger charge is -1.97. The van der Waals surface area contributed by atoms with Crippen molar-refractivity contribution in [2.24, 2.45) is 0 Å². The Hall–Kier alpha value is -1.12. The van der Waals surface area contributed by atoms with Gasteiger partial charge < -0.3 is 5.32 Å². The van der Waals surface area contributed by atoms with Gasteiger partial charge in [-0.3, -0.25) is 4.55 Å². The molecule has 0 aliphatic rings. The van der Waals surface area contributed by atoms with Crippen LogP contribution in [0.15, 0.2) is 30.3 Å². The quantitative estimate of drug-likeness (QED) is 0.636. The van der Waals surface area contributed by atoms with Crippen LogP contribution < -0.4 is 5.32 Å². The van der Waals surface area contributed by atoms with Crippen LogP contribution in [-0.4, -0.2) is 25.5 Å². The van der Waals surface area contributed by atoms with Crippen molar-refractivity contribution in [2.45, 2.75) is 12.1 Å². The summed E-state index contributed by atoms with van der Waals surface area (Å²) in [5, 5.41) is 3.08. The van der Waals surface area contributed by atoms with Gasteiger partial charge in [-0.2, -0.15) is 21.6 Å². The first-order valence-electron chi connectivity index (χ1n) is 4.40. The van der Waals surface area contributed by atoms with Crippen molar-refractivity contribution in [2.75, 3.05) is 7.05 Å². The van der Waals surface area contributed by atoms with Crippen molar-refractivity contribution in [1.29, 1.82) is 0 Å². The number of rotatable bonds is 2. The minimum Gasteiger partial charge on any atom is -0.316 e. The first-order chi connectivity index (χ1) is 7.68. The molecule has 17 heavy (non-hydrogen) atoms. The van der Waals surface area contributed by atoms with Crippen molar-refractivity contribution < 1.29 is 26.1 Å². The Balaban J connectivity index is 0.000000304. The predicted molar refractivity (Wildman–Crippen MR) is 56.8 cm³/mol. The van der Waals surface area contributed by atoms with Crippen LogP contribution >= 0.6 is 0 Å². The predicted octanol–water partition coefficient (Wildman–Crippen LogP) is 1.80. The van der Waals surface area contributed by atoms with E-state index in [2.05, 4.69) is 17.4 Å². The molecule has 8 heteroatoms. The molecule has 98 valence electrons. The van der Waals surface area contributed by atoms with Crippen LogP contribution in [0.1, 0.15) is 5.56 Å². The number of nitrogens with one attached hydrogen (secondary N) is 1. The van der Waals surface area contributed by atoms with Gasteiger partial charge in [0.1, 0.15) is 0 Å². The van der Waals surface area contributed by atoms with E-state index in [1.54, 1.807) is 0 Å². The molecule has 0 atom stereocenters. The molecule has 0 saturated carbocycles. The zero-order valence-corrected chi connectivity index (χ0v) is 9.72. The van der Waals surface area contributed by atoms with E-state index in [1.165, 1.54) is 5.56 Å². The first-order valence-corrected chi connectivity index (χ1v) is 5.84. The smallest absolute Gasteiger partial charge is 0.316 e. The molecule has 0 unspecified atom stereocenters. The van der Waals surface area contributed by atoms with Gasteiger partial charge >= 0.3 is 15.6 Å². The van der Waals surface area contributed by atoms with Gasteiger partial charge in [0.25, 0.3) is 0 Å². The van der Waals surface area contributed by atoms with Crippen LogP contribution in [0, 0.1) is 0 Å². The lowest BCUT2D eigenvalue weighted by Crippen LogP contribution is -2.21. The van der Waals surface area contributed by atoms with E-state index < -0.39 is 15.6 Å². The average molecular weight is 271 g/mol. The average Bonchev–Trinajstić information content (AvgIpc) is 2.17. The number of hydrogen-bond donors (Lipinski definition) is 2. The van der Waals surface area contributed by atoms with E-state index in [4.69, 9.17) is 13.0 Å². The summed E-state index contributed by atoms with van der Waals surface area (Å²) in [5.41, 5.74) is -4.20. The highest BCUT2D eigenvalue weighted by Gasteiger charge is 2.44. The minimum absolute atomic E-state index is 0.959. The van der Waals surface area contributed by atoms with Gasteiger partial charge in [0.05, 0.1) is 0 Å². The second kappa shape index (κ2) is 6.58. The summed E-state index contributed by atoms with van der Waals surface area (Å²) >= 11 is 0. The summed E-state index contributed by atoms with van der Waals surface area (Å²) in [6, 6.07) is 10.3. The lowest BCUT2D eigenvalue weighted by molar-refractivity contribution is -0.0510. The van der Waals surface area contributed by atoms with E-state index in [0.717, 1.165) is 6.54 Å². The molecule has 0 aliphatic carbocycles. The fraction of sp³-hybridized carbons (Fsp3) is 0.333. The first kappa shape index (κ1) is 15.9. The van der Waals surface area contributed by atoms with E-state index in [1.807, 2.05) is 25.2 Å². The maximum Gasteiger partial charge on any atom is 0.522 e. The van der Waals surface area contributed by atoms with Gasteiger partial charge in [0, 0.05) is 6.54 Å². The van der Waals surface area contributed by atoms with Crippen molar-refractivity contribution in [3.05, 3.63) is 35.9 Å². The molecule has 0 heterocycles. The Morgan fingerprint density at radius 2 is 1.65 bits per heavy atom. The zero-order chi connectivity index (χ0) is 13.5. The molecular weight excluding hydrogens is 259 g/mol. The molecule has 0 amide bonds. The highest BCUT2D eigenvalue weighted by Crippen LogP contribution is 2.20. The molecule has 1 aromatic carbocycles. The van der Waals surface area contributed by atoms with Crippen LogP contribution in [0.2, 0.25) is 0 Å². The maximum atomic E-state index is 10.7. The summed E-state index contributed by atoms with van der Waals surface area (Å²) in [4.78, 5) is 0. The van der Waals surface area contributed by atoms with Crippen molar-refractivity contribution in [3.63, 3.8) is 0 Å². The van der Waals surface area contributed by atoms with Gasteiger partial charge in [-0.25, -0.2) is 0 Å². The Bertz CT molecular complexity index is 417. The normalized spacial score (nSPS) is 11.6. The van der Waals surface area contributed by atoms with Gasteiger partial charge in [0.15, 0.2) is 0 Å². The van der Waals surface area contributed by atoms with Crippen molar-refractivity contribution >= 4 is 10.1 Å². The molecule has 2 N–H and O–H groups in total. The second-order valence-corrected chi connectivity index (χ2v) is 4.35. The Labute approximate surface area is 97.2 Å². The fourth-order valence-corrected chi connectivity index (χ4v) is 0.800. The molecule has 0 bridgehead atoms. The minimum atomic E-state index is -5.84. The number of benzene rings is 1. The number of alkyl halides is 3. The molecule has 1 rings (SSSR count). The van der Waals surface area contributed by atoms with Gasteiger partial charge in [-0.05, 0) is 12.6 Å². The summed E-state index contributed by atoms with van der Waals surface area (Å²) in [7, 11) is -3.89. The van der Waals surface area contributed by atoms with Crippen molar-refractivity contribution in [1.82, 2.24) is 5.32 Å². The Morgan fingerprint density at radius 3 is 1.94 bits per heavy atom. The van der Waals surface area contributed by atoms with Crippen molar-refractivity contribution in [3.8, 4) is 0 Å². The van der Waals surface area contributed by atoms with Crippen LogP contribution in [0.3, 0.4) is 0 Å². The third-order valence-corrected chi connectivity index (χ3v) is 2.10. The number of halogens is 3. The van der Waals surface area contributed by atoms with Crippen LogP contribution in [0.25, 0.3) is 0 Å². The summed E-state index contributed by atoms with van der Waals surface area (Å²) < 4.78 is 57.5. The van der Waals surface area contributed by atoms with Gasteiger partial charge in [-0.1, -0.05) is 30.3 Å². The Morgan fingerprint density at radius 1 is 1.24 bits per heavy atom. The summed E-state index contributed by atoms with van der Waals surface area (Å²) in [5.74, 6) is 0. The monoisotopic (exact) mass is 271 g/mol. The molecule has 0 aromatic heterocycles. The third kappa shape index (κ3) is 6.93. The van der Waals surface area contributed by atoms with Crippen LogP contribution in [0.5, 0.6) is 0 Å². The summed E-state index contributed by atoms with van der Waals surface area (Å²) in [6.07, 6.45) is 0.